The molecule has 0 aromatic carbocycles. The number of hydrogen-bond donors (Lipinski definition) is 2. The van der Waals surface area contributed by atoms with Crippen LogP contribution in [0.1, 0.15) is 52.9 Å². The normalized spacial score (nSPS) is 25.6. The molecule has 3 N–H and O–H groups in total. The third kappa shape index (κ3) is 5.44. The quantitative estimate of drug-likeness (QED) is 0.171. The van der Waals surface area contributed by atoms with Gasteiger partial charge in [0.1, 0.15) is 16.8 Å². The van der Waals surface area contributed by atoms with Crippen molar-refractivity contribution in [3.05, 3.63) is 23.5 Å². The predicted octanol–water partition coefficient (Wildman–Crippen LogP) is 2.64. The van der Waals surface area contributed by atoms with Crippen molar-refractivity contribution in [1.29, 1.82) is 0 Å². The first-order valence-corrected chi connectivity index (χ1v) is 13.2. The zero-order valence-electron chi connectivity index (χ0n) is 20.6. The van der Waals surface area contributed by atoms with Crippen LogP contribution in [0.15, 0.2) is 28.6 Å². The Labute approximate surface area is 213 Å². The summed E-state index contributed by atoms with van der Waals surface area (Å²) >= 11 is 1.35. The molecule has 1 aromatic heterocycles. The highest BCUT2D eigenvalue weighted by Crippen LogP contribution is 2.48. The van der Waals surface area contributed by atoms with E-state index in [2.05, 4.69) is 9.97 Å². The number of carbonyl (C=O) groups excluding carboxylic acids is 3. The summed E-state index contributed by atoms with van der Waals surface area (Å²) in [6.45, 7) is 4.89. The number of nitrogens with zero attached hydrogens (tertiary/aromatic N) is 3. The minimum absolute atomic E-state index is 0.111. The van der Waals surface area contributed by atoms with E-state index in [1.54, 1.807) is 13.0 Å². The Hall–Kier alpha value is -2.86. The number of aliphatic hydroxyl groups is 1. The molecule has 12 heteroatoms. The third-order valence-electron chi connectivity index (χ3n) is 6.88. The van der Waals surface area contributed by atoms with Gasteiger partial charge in [0.2, 0.25) is 18.1 Å². The number of aromatic nitrogens is 2. The summed E-state index contributed by atoms with van der Waals surface area (Å²) in [7, 11) is 0. The lowest BCUT2D eigenvalue weighted by molar-refractivity contribution is -0.174. The van der Waals surface area contributed by atoms with Gasteiger partial charge in [-0.2, -0.15) is 0 Å². The lowest BCUT2D eigenvalue weighted by Gasteiger charge is -2.46. The van der Waals surface area contributed by atoms with Crippen LogP contribution in [-0.4, -0.2) is 68.3 Å². The monoisotopic (exact) mass is 520 g/mol. The van der Waals surface area contributed by atoms with Crippen molar-refractivity contribution in [2.24, 2.45) is 11.8 Å². The van der Waals surface area contributed by atoms with Crippen molar-refractivity contribution in [2.75, 3.05) is 11.5 Å². The average molecular weight is 521 g/mol. The number of ether oxygens (including phenoxy) is 3. The van der Waals surface area contributed by atoms with Crippen LogP contribution in [0.3, 0.4) is 0 Å². The van der Waals surface area contributed by atoms with Crippen LogP contribution in [0.5, 0.6) is 0 Å². The predicted molar refractivity (Wildman–Crippen MR) is 129 cm³/mol. The number of hydrogen-bond acceptors (Lipinski definition) is 11. The van der Waals surface area contributed by atoms with Crippen molar-refractivity contribution < 1.29 is 33.7 Å². The Kier molecular flexibility index (Phi) is 8.04. The van der Waals surface area contributed by atoms with E-state index < -0.39 is 30.4 Å². The second-order valence-corrected chi connectivity index (χ2v) is 10.4. The Morgan fingerprint density at radius 3 is 2.64 bits per heavy atom. The summed E-state index contributed by atoms with van der Waals surface area (Å²) in [5, 5.41) is 10.8. The number of amides is 1. The van der Waals surface area contributed by atoms with E-state index in [1.165, 1.54) is 29.8 Å². The highest BCUT2D eigenvalue weighted by Gasteiger charge is 2.60. The Bertz CT molecular complexity index is 1040. The standard InChI is InChI=1S/C24H32N4O7S/c1-12-16(11-36-17-9-10-26-23(25)27-17)20(28-19(12)18(13(2)29)21(28)30)22(31)33-14(3)34-24(32)35-15-7-5-4-6-8-15/h9-10,12-15,18-19,29H,4-8,11H2,1-3H3,(H2,25,26,27)/t12-,13+,14?,18?,19?/m0/s1. The summed E-state index contributed by atoms with van der Waals surface area (Å²) < 4.78 is 15.9. The van der Waals surface area contributed by atoms with Gasteiger partial charge in [-0.1, -0.05) is 13.3 Å². The van der Waals surface area contributed by atoms with Gasteiger partial charge in [-0.3, -0.25) is 4.79 Å². The number of nitrogens with two attached hydrogens (primary N) is 1. The number of thioether (sulfide) groups is 1. The van der Waals surface area contributed by atoms with Gasteiger partial charge in [0.15, 0.2) is 0 Å². The molecule has 3 heterocycles. The number of esters is 1. The van der Waals surface area contributed by atoms with E-state index >= 15 is 0 Å². The van der Waals surface area contributed by atoms with Gasteiger partial charge in [0, 0.05) is 24.8 Å². The molecular formula is C24H32N4O7S. The largest absolute Gasteiger partial charge is 0.511 e. The summed E-state index contributed by atoms with van der Waals surface area (Å²) in [5.41, 5.74) is 6.46. The summed E-state index contributed by atoms with van der Waals surface area (Å²) in [6.07, 6.45) is 3.08. The summed E-state index contributed by atoms with van der Waals surface area (Å²) in [5.74, 6) is -1.47. The van der Waals surface area contributed by atoms with Crippen LogP contribution in [0.4, 0.5) is 10.7 Å². The van der Waals surface area contributed by atoms with Gasteiger partial charge < -0.3 is 30.0 Å². The molecule has 196 valence electrons. The topological polar surface area (TPSA) is 154 Å². The molecule has 4 rings (SSSR count). The molecule has 0 radical (unpaired) electrons. The molecule has 1 saturated carbocycles. The lowest BCUT2D eigenvalue weighted by Crippen LogP contribution is -2.63. The smallest absolute Gasteiger partial charge is 0.431 e. The zero-order chi connectivity index (χ0) is 26.0. The van der Waals surface area contributed by atoms with Crippen LogP contribution in [0.2, 0.25) is 0 Å². The maximum atomic E-state index is 13.2. The number of carbonyl (C=O) groups is 3. The highest BCUT2D eigenvalue weighted by molar-refractivity contribution is 7.99. The van der Waals surface area contributed by atoms with Crippen molar-refractivity contribution in [1.82, 2.24) is 14.9 Å². The second kappa shape index (κ2) is 11.0. The fraction of sp³-hybridized carbons (Fsp3) is 0.625. The van der Waals surface area contributed by atoms with Crippen molar-refractivity contribution in [2.45, 2.75) is 82.4 Å². The van der Waals surface area contributed by atoms with E-state index in [-0.39, 0.29) is 35.6 Å². The summed E-state index contributed by atoms with van der Waals surface area (Å²) in [4.78, 5) is 47.7. The molecule has 36 heavy (non-hydrogen) atoms. The van der Waals surface area contributed by atoms with Crippen LogP contribution in [-0.2, 0) is 23.8 Å². The zero-order valence-corrected chi connectivity index (χ0v) is 21.4. The van der Waals surface area contributed by atoms with Crippen LogP contribution in [0, 0.1) is 11.8 Å². The van der Waals surface area contributed by atoms with Gasteiger partial charge in [-0.05, 0) is 44.2 Å². The maximum absolute atomic E-state index is 13.2. The molecule has 1 amide bonds. The Morgan fingerprint density at radius 2 is 1.97 bits per heavy atom. The van der Waals surface area contributed by atoms with Gasteiger partial charge in [-0.25, -0.2) is 19.6 Å². The first-order chi connectivity index (χ1) is 17.2. The first kappa shape index (κ1) is 26.2. The molecule has 5 atom stereocenters. The lowest BCUT2D eigenvalue weighted by atomic mass is 9.78. The number of nitrogen functional groups attached to an aromatic ring is 1. The third-order valence-corrected chi connectivity index (χ3v) is 7.86. The fourth-order valence-electron chi connectivity index (χ4n) is 5.12. The number of rotatable bonds is 8. The number of β-lactam (4-membered cyclic amide) rings is 1. The average Bonchev–Trinajstić information content (AvgIpc) is 3.06. The molecule has 1 saturated heterocycles. The van der Waals surface area contributed by atoms with Gasteiger partial charge in [-0.15, -0.1) is 11.8 Å². The molecule has 2 fully saturated rings. The van der Waals surface area contributed by atoms with E-state index in [1.807, 2.05) is 6.92 Å². The molecule has 1 aliphatic carbocycles. The van der Waals surface area contributed by atoms with Crippen molar-refractivity contribution in [3.8, 4) is 0 Å². The van der Waals surface area contributed by atoms with E-state index in [0.29, 0.717) is 16.4 Å². The molecule has 0 bridgehead atoms. The highest BCUT2D eigenvalue weighted by atomic mass is 32.2. The molecule has 1 aromatic rings. The SMILES string of the molecule is CC(OC(=O)OC1CCCCC1)OC(=O)C1=C(CSc2ccnc(N)n2)[C@H](C)C2C([C@@H](C)O)C(=O)N12. The van der Waals surface area contributed by atoms with Gasteiger partial charge in [0.05, 0.1) is 18.1 Å². The van der Waals surface area contributed by atoms with Gasteiger partial charge >= 0.3 is 12.1 Å². The minimum atomic E-state index is -1.21. The van der Waals surface area contributed by atoms with Gasteiger partial charge in [0.25, 0.3) is 0 Å². The fourth-order valence-corrected chi connectivity index (χ4v) is 6.14. The van der Waals surface area contributed by atoms with E-state index in [9.17, 15) is 19.5 Å². The molecule has 3 aliphatic rings. The maximum Gasteiger partial charge on any atom is 0.511 e. The van der Waals surface area contributed by atoms with E-state index in [0.717, 1.165) is 32.1 Å². The summed E-state index contributed by atoms with van der Waals surface area (Å²) in [6, 6.07) is 1.34. The molecular weight excluding hydrogens is 488 g/mol. The molecule has 3 unspecified atom stereocenters. The number of fused-ring (bicyclic) bond motifs is 1. The van der Waals surface area contributed by atoms with Crippen LogP contribution >= 0.6 is 11.8 Å². The van der Waals surface area contributed by atoms with Crippen molar-refractivity contribution in [3.63, 3.8) is 0 Å². The van der Waals surface area contributed by atoms with Crippen LogP contribution in [0.25, 0.3) is 0 Å². The number of aliphatic hydroxyl groups excluding tert-OH is 1. The minimum Gasteiger partial charge on any atom is -0.431 e. The van der Waals surface area contributed by atoms with E-state index in [4.69, 9.17) is 19.9 Å². The van der Waals surface area contributed by atoms with Crippen LogP contribution < -0.4 is 5.73 Å². The molecule has 2 aliphatic heterocycles. The second-order valence-electron chi connectivity index (χ2n) is 9.39. The Morgan fingerprint density at radius 1 is 1.25 bits per heavy atom. The first-order valence-electron chi connectivity index (χ1n) is 12.2. The number of anilines is 1. The van der Waals surface area contributed by atoms with Crippen molar-refractivity contribution >= 4 is 35.7 Å². The Balaban J connectivity index is 1.46. The molecule has 0 spiro atoms. The molecule has 11 nitrogen and oxygen atoms in total.